The van der Waals surface area contributed by atoms with E-state index in [9.17, 15) is 13.5 Å². The van der Waals surface area contributed by atoms with Gasteiger partial charge in [0.15, 0.2) is 0 Å². The molecule has 0 aliphatic heterocycles. The van der Waals surface area contributed by atoms with Crippen LogP contribution in [0.15, 0.2) is 23.1 Å². The highest BCUT2D eigenvalue weighted by molar-refractivity contribution is 7.89. The van der Waals surface area contributed by atoms with Gasteiger partial charge in [0.25, 0.3) is 0 Å². The monoisotopic (exact) mass is 317 g/mol. The van der Waals surface area contributed by atoms with E-state index in [2.05, 4.69) is 0 Å². The smallest absolute Gasteiger partial charge is 0.243 e. The van der Waals surface area contributed by atoms with Crippen molar-refractivity contribution in [2.75, 3.05) is 40.5 Å². The fraction of sp³-hybridized carbons (Fsp3) is 0.571. The van der Waals surface area contributed by atoms with Gasteiger partial charge in [-0.05, 0) is 30.2 Å². The number of aliphatic hydroxyl groups is 1. The van der Waals surface area contributed by atoms with E-state index in [0.717, 1.165) is 5.56 Å². The standard InChI is InChI=1S/C14H23NO5S/c1-12-4-5-14(10-13(12)11-16)21(17,18)15(6-8-19-2)7-9-20-3/h4-5,10,16H,6-9,11H2,1-3H3. The van der Waals surface area contributed by atoms with Crippen LogP contribution < -0.4 is 0 Å². The summed E-state index contributed by atoms with van der Waals surface area (Å²) in [4.78, 5) is 0.171. The van der Waals surface area contributed by atoms with Crippen molar-refractivity contribution in [2.24, 2.45) is 0 Å². The molecular formula is C14H23NO5S. The topological polar surface area (TPSA) is 76.1 Å². The lowest BCUT2D eigenvalue weighted by Crippen LogP contribution is -2.36. The molecule has 0 unspecified atom stereocenters. The molecule has 0 atom stereocenters. The lowest BCUT2D eigenvalue weighted by molar-refractivity contribution is 0.150. The number of sulfonamides is 1. The Morgan fingerprint density at radius 1 is 1.14 bits per heavy atom. The van der Waals surface area contributed by atoms with E-state index in [0.29, 0.717) is 18.8 Å². The minimum absolute atomic E-state index is 0.171. The minimum atomic E-state index is -3.63. The molecule has 0 bridgehead atoms. The van der Waals surface area contributed by atoms with Crippen LogP contribution in [0.1, 0.15) is 11.1 Å². The van der Waals surface area contributed by atoms with Crippen molar-refractivity contribution in [3.05, 3.63) is 29.3 Å². The SMILES string of the molecule is COCCN(CCOC)S(=O)(=O)c1ccc(C)c(CO)c1. The molecule has 0 aliphatic rings. The number of methoxy groups -OCH3 is 2. The number of nitrogens with zero attached hydrogens (tertiary/aromatic N) is 1. The Bertz CT molecular complexity index is 536. The van der Waals surface area contributed by atoms with Gasteiger partial charge in [-0.25, -0.2) is 8.42 Å². The summed E-state index contributed by atoms with van der Waals surface area (Å²) in [5, 5.41) is 9.28. The van der Waals surface area contributed by atoms with E-state index in [1.807, 2.05) is 6.92 Å². The van der Waals surface area contributed by atoms with E-state index >= 15 is 0 Å². The van der Waals surface area contributed by atoms with E-state index in [4.69, 9.17) is 9.47 Å². The molecule has 0 aromatic heterocycles. The number of ether oxygens (including phenoxy) is 2. The average Bonchev–Trinajstić information content (AvgIpc) is 2.47. The van der Waals surface area contributed by atoms with Crippen molar-refractivity contribution in [2.45, 2.75) is 18.4 Å². The van der Waals surface area contributed by atoms with Crippen molar-refractivity contribution in [1.29, 1.82) is 0 Å². The Morgan fingerprint density at radius 2 is 1.71 bits per heavy atom. The average molecular weight is 317 g/mol. The molecule has 7 heteroatoms. The van der Waals surface area contributed by atoms with E-state index in [1.54, 1.807) is 12.1 Å². The molecule has 1 aromatic rings. The number of hydrogen-bond donors (Lipinski definition) is 1. The summed E-state index contributed by atoms with van der Waals surface area (Å²) in [6, 6.07) is 4.76. The van der Waals surface area contributed by atoms with Crippen molar-refractivity contribution >= 4 is 10.0 Å². The van der Waals surface area contributed by atoms with Crippen LogP contribution in [0.5, 0.6) is 0 Å². The summed E-state index contributed by atoms with van der Waals surface area (Å²) in [7, 11) is -0.583. The molecule has 120 valence electrons. The van der Waals surface area contributed by atoms with Crippen LogP contribution in [0, 0.1) is 6.92 Å². The molecule has 0 radical (unpaired) electrons. The number of benzene rings is 1. The van der Waals surface area contributed by atoms with Gasteiger partial charge < -0.3 is 14.6 Å². The van der Waals surface area contributed by atoms with Gasteiger partial charge in [-0.1, -0.05) is 6.07 Å². The predicted octanol–water partition coefficient (Wildman–Crippen LogP) is 0.771. The fourth-order valence-corrected chi connectivity index (χ4v) is 3.33. The molecule has 1 N–H and O–H groups in total. The molecule has 21 heavy (non-hydrogen) atoms. The third-order valence-electron chi connectivity index (χ3n) is 3.22. The highest BCUT2D eigenvalue weighted by atomic mass is 32.2. The van der Waals surface area contributed by atoms with Crippen molar-refractivity contribution in [1.82, 2.24) is 4.31 Å². The van der Waals surface area contributed by atoms with Gasteiger partial charge in [0.05, 0.1) is 24.7 Å². The van der Waals surface area contributed by atoms with Crippen LogP contribution in [0.2, 0.25) is 0 Å². The Labute approximate surface area is 126 Å². The zero-order valence-electron chi connectivity index (χ0n) is 12.7. The largest absolute Gasteiger partial charge is 0.392 e. The minimum Gasteiger partial charge on any atom is -0.392 e. The van der Waals surface area contributed by atoms with Gasteiger partial charge in [-0.15, -0.1) is 0 Å². The van der Waals surface area contributed by atoms with Crippen LogP contribution in [0.25, 0.3) is 0 Å². The van der Waals surface area contributed by atoms with Crippen molar-refractivity contribution in [3.63, 3.8) is 0 Å². The lowest BCUT2D eigenvalue weighted by Gasteiger charge is -2.22. The molecule has 0 aliphatic carbocycles. The first-order chi connectivity index (χ1) is 9.97. The lowest BCUT2D eigenvalue weighted by atomic mass is 10.1. The molecule has 1 rings (SSSR count). The molecule has 0 fully saturated rings. The molecule has 0 heterocycles. The van der Waals surface area contributed by atoms with Crippen LogP contribution in [0.3, 0.4) is 0 Å². The molecule has 6 nitrogen and oxygen atoms in total. The normalized spacial score (nSPS) is 12.0. The highest BCUT2D eigenvalue weighted by Gasteiger charge is 2.24. The summed E-state index contributed by atoms with van der Waals surface area (Å²) in [6.07, 6.45) is 0. The van der Waals surface area contributed by atoms with Gasteiger partial charge in [-0.3, -0.25) is 0 Å². The van der Waals surface area contributed by atoms with Gasteiger partial charge in [0, 0.05) is 27.3 Å². The molecule has 0 spiro atoms. The first-order valence-electron chi connectivity index (χ1n) is 6.65. The van der Waals surface area contributed by atoms with Gasteiger partial charge in [0.1, 0.15) is 0 Å². The second kappa shape index (κ2) is 8.45. The molecule has 0 saturated heterocycles. The Kier molecular flexibility index (Phi) is 7.27. The summed E-state index contributed by atoms with van der Waals surface area (Å²) in [5.41, 5.74) is 1.46. The maximum absolute atomic E-state index is 12.7. The van der Waals surface area contributed by atoms with E-state index in [1.165, 1.54) is 24.6 Å². The molecule has 0 saturated carbocycles. The molecule has 0 amide bonds. The second-order valence-corrected chi connectivity index (χ2v) is 6.57. The third-order valence-corrected chi connectivity index (χ3v) is 5.11. The Hall–Kier alpha value is -0.990. The third kappa shape index (κ3) is 4.76. The Balaban J connectivity index is 3.08. The van der Waals surface area contributed by atoms with Gasteiger partial charge in [-0.2, -0.15) is 4.31 Å². The fourth-order valence-electron chi connectivity index (χ4n) is 1.87. The molecular weight excluding hydrogens is 294 g/mol. The maximum atomic E-state index is 12.7. The number of aryl methyl sites for hydroxylation is 1. The highest BCUT2D eigenvalue weighted by Crippen LogP contribution is 2.19. The van der Waals surface area contributed by atoms with E-state index in [-0.39, 0.29) is 24.6 Å². The van der Waals surface area contributed by atoms with Crippen LogP contribution in [-0.2, 0) is 26.1 Å². The van der Waals surface area contributed by atoms with Crippen molar-refractivity contribution < 1.29 is 23.0 Å². The maximum Gasteiger partial charge on any atom is 0.243 e. The van der Waals surface area contributed by atoms with Crippen LogP contribution in [0.4, 0.5) is 0 Å². The summed E-state index contributed by atoms with van der Waals surface area (Å²) in [5.74, 6) is 0. The number of aliphatic hydroxyl groups excluding tert-OH is 1. The Morgan fingerprint density at radius 3 is 2.19 bits per heavy atom. The van der Waals surface area contributed by atoms with E-state index < -0.39 is 10.0 Å². The number of rotatable bonds is 9. The zero-order chi connectivity index (χ0) is 15.9. The van der Waals surface area contributed by atoms with Crippen molar-refractivity contribution in [3.8, 4) is 0 Å². The van der Waals surface area contributed by atoms with Gasteiger partial charge >= 0.3 is 0 Å². The number of hydrogen-bond acceptors (Lipinski definition) is 5. The first-order valence-corrected chi connectivity index (χ1v) is 8.09. The first kappa shape index (κ1) is 18.1. The van der Waals surface area contributed by atoms with Gasteiger partial charge in [0.2, 0.25) is 10.0 Å². The van der Waals surface area contributed by atoms with Crippen LogP contribution in [-0.4, -0.2) is 58.4 Å². The quantitative estimate of drug-likeness (QED) is 0.728. The van der Waals surface area contributed by atoms with Crippen LogP contribution >= 0.6 is 0 Å². The zero-order valence-corrected chi connectivity index (χ0v) is 13.5. The second-order valence-electron chi connectivity index (χ2n) is 4.64. The summed E-state index contributed by atoms with van der Waals surface area (Å²) < 4.78 is 36.6. The molecule has 1 aromatic carbocycles. The summed E-state index contributed by atoms with van der Waals surface area (Å²) in [6.45, 7) is 2.76. The summed E-state index contributed by atoms with van der Waals surface area (Å²) >= 11 is 0. The predicted molar refractivity (Wildman–Crippen MR) is 79.6 cm³/mol.